The molecule has 0 aliphatic carbocycles. The smallest absolute Gasteiger partial charge is 0.334 e. The van der Waals surface area contributed by atoms with E-state index >= 15 is 0 Å². The van der Waals surface area contributed by atoms with Gasteiger partial charge in [0.15, 0.2) is 6.10 Å². The summed E-state index contributed by atoms with van der Waals surface area (Å²) in [4.78, 5) is 21.8. The molecule has 1 rings (SSSR count). The SMILES string of the molecule is Cc1nn(C)c(C)c1/C=C/C(=O)NC[C@H](O)C(=O)O. The lowest BCUT2D eigenvalue weighted by molar-refractivity contribution is -0.146. The Balaban J connectivity index is 2.62. The first-order valence-corrected chi connectivity index (χ1v) is 5.70. The van der Waals surface area contributed by atoms with Crippen molar-refractivity contribution in [1.29, 1.82) is 0 Å². The van der Waals surface area contributed by atoms with Crippen LogP contribution in [0.25, 0.3) is 6.08 Å². The van der Waals surface area contributed by atoms with Crippen molar-refractivity contribution in [3.8, 4) is 0 Å². The van der Waals surface area contributed by atoms with Gasteiger partial charge in [-0.2, -0.15) is 5.10 Å². The zero-order valence-electron chi connectivity index (χ0n) is 11.0. The summed E-state index contributed by atoms with van der Waals surface area (Å²) in [7, 11) is 1.81. The molecule has 19 heavy (non-hydrogen) atoms. The highest BCUT2D eigenvalue weighted by atomic mass is 16.4. The number of carboxylic acids is 1. The topological polar surface area (TPSA) is 104 Å². The van der Waals surface area contributed by atoms with Gasteiger partial charge in [0.05, 0.1) is 12.2 Å². The lowest BCUT2D eigenvalue weighted by atomic mass is 10.2. The minimum Gasteiger partial charge on any atom is -0.479 e. The summed E-state index contributed by atoms with van der Waals surface area (Å²) >= 11 is 0. The normalized spacial score (nSPS) is 12.6. The molecule has 7 heteroatoms. The molecule has 3 N–H and O–H groups in total. The average Bonchev–Trinajstić information content (AvgIpc) is 2.58. The quantitative estimate of drug-likeness (QED) is 0.630. The van der Waals surface area contributed by atoms with E-state index in [0.717, 1.165) is 17.0 Å². The van der Waals surface area contributed by atoms with Gasteiger partial charge in [-0.1, -0.05) is 0 Å². The summed E-state index contributed by atoms with van der Waals surface area (Å²) in [6.07, 6.45) is 1.30. The Morgan fingerprint density at radius 3 is 2.58 bits per heavy atom. The molecule has 0 fully saturated rings. The van der Waals surface area contributed by atoms with E-state index in [4.69, 9.17) is 10.2 Å². The zero-order valence-corrected chi connectivity index (χ0v) is 11.0. The molecule has 0 aliphatic rings. The van der Waals surface area contributed by atoms with Gasteiger partial charge in [-0.05, 0) is 19.9 Å². The van der Waals surface area contributed by atoms with E-state index in [1.54, 1.807) is 10.8 Å². The molecule has 1 atom stereocenters. The zero-order chi connectivity index (χ0) is 14.6. The molecular formula is C12H17N3O4. The standard InChI is InChI=1S/C12H17N3O4/c1-7-9(8(2)15(3)14-7)4-5-11(17)13-6-10(16)12(18)19/h4-5,10,16H,6H2,1-3H3,(H,13,17)(H,18,19)/b5-4+/t10-/m0/s1. The van der Waals surface area contributed by atoms with Gasteiger partial charge in [0.25, 0.3) is 0 Å². The van der Waals surface area contributed by atoms with Crippen molar-refractivity contribution in [2.75, 3.05) is 6.54 Å². The Labute approximate surface area is 110 Å². The fraction of sp³-hybridized carbons (Fsp3) is 0.417. The number of amides is 1. The van der Waals surface area contributed by atoms with Crippen molar-refractivity contribution >= 4 is 18.0 Å². The van der Waals surface area contributed by atoms with Crippen LogP contribution >= 0.6 is 0 Å². The van der Waals surface area contributed by atoms with Crippen LogP contribution in [0.3, 0.4) is 0 Å². The summed E-state index contributed by atoms with van der Waals surface area (Å²) in [6.45, 7) is 3.38. The fourth-order valence-electron chi connectivity index (χ4n) is 1.53. The third-order valence-corrected chi connectivity index (χ3v) is 2.72. The van der Waals surface area contributed by atoms with Crippen LogP contribution in [-0.4, -0.2) is 44.5 Å². The molecule has 0 saturated heterocycles. The summed E-state index contributed by atoms with van der Waals surface area (Å²) in [6, 6.07) is 0. The van der Waals surface area contributed by atoms with Crippen molar-refractivity contribution in [3.05, 3.63) is 23.0 Å². The van der Waals surface area contributed by atoms with Gasteiger partial charge in [-0.25, -0.2) is 4.79 Å². The maximum absolute atomic E-state index is 11.4. The molecular weight excluding hydrogens is 250 g/mol. The third-order valence-electron chi connectivity index (χ3n) is 2.72. The number of nitrogens with zero attached hydrogens (tertiary/aromatic N) is 2. The fourth-order valence-corrected chi connectivity index (χ4v) is 1.53. The summed E-state index contributed by atoms with van der Waals surface area (Å²) < 4.78 is 1.71. The molecule has 1 heterocycles. The minimum absolute atomic E-state index is 0.330. The molecule has 1 aromatic rings. The predicted octanol–water partition coefficient (Wildman–Crippen LogP) is -0.388. The Bertz CT molecular complexity index is 519. The number of hydrogen-bond acceptors (Lipinski definition) is 4. The van der Waals surface area contributed by atoms with Crippen molar-refractivity contribution in [2.45, 2.75) is 20.0 Å². The first kappa shape index (κ1) is 14.9. The van der Waals surface area contributed by atoms with Gasteiger partial charge in [0.2, 0.25) is 5.91 Å². The molecule has 1 aromatic heterocycles. The second-order valence-corrected chi connectivity index (χ2v) is 4.14. The number of carbonyl (C=O) groups is 2. The molecule has 0 radical (unpaired) electrons. The number of carbonyl (C=O) groups excluding carboxylic acids is 1. The number of aryl methyl sites for hydroxylation is 2. The molecule has 0 saturated carbocycles. The number of carboxylic acid groups (broad SMARTS) is 1. The number of aliphatic hydroxyl groups is 1. The molecule has 1 amide bonds. The maximum atomic E-state index is 11.4. The van der Waals surface area contributed by atoms with Gasteiger partial charge in [-0.15, -0.1) is 0 Å². The number of aliphatic carboxylic acids is 1. The second kappa shape index (κ2) is 6.14. The Morgan fingerprint density at radius 2 is 2.11 bits per heavy atom. The first-order chi connectivity index (χ1) is 8.82. The number of rotatable bonds is 5. The van der Waals surface area contributed by atoms with Crippen LogP contribution in [0.1, 0.15) is 17.0 Å². The Morgan fingerprint density at radius 1 is 1.47 bits per heavy atom. The van der Waals surface area contributed by atoms with Crippen molar-refractivity contribution in [3.63, 3.8) is 0 Å². The lowest BCUT2D eigenvalue weighted by Gasteiger charge is -2.05. The van der Waals surface area contributed by atoms with Crippen LogP contribution < -0.4 is 5.32 Å². The Kier molecular flexibility index (Phi) is 4.82. The van der Waals surface area contributed by atoms with Crippen LogP contribution in [-0.2, 0) is 16.6 Å². The van der Waals surface area contributed by atoms with Gasteiger partial charge in [0, 0.05) is 24.4 Å². The van der Waals surface area contributed by atoms with Gasteiger partial charge in [0.1, 0.15) is 0 Å². The molecule has 0 aromatic carbocycles. The summed E-state index contributed by atoms with van der Waals surface area (Å²) in [5.74, 6) is -1.84. The number of hydrogen-bond donors (Lipinski definition) is 3. The van der Waals surface area contributed by atoms with E-state index in [0.29, 0.717) is 0 Å². The number of nitrogens with one attached hydrogen (secondary N) is 1. The van der Waals surface area contributed by atoms with Crippen LogP contribution in [0.2, 0.25) is 0 Å². The highest BCUT2D eigenvalue weighted by molar-refractivity contribution is 5.92. The lowest BCUT2D eigenvalue weighted by Crippen LogP contribution is -2.35. The van der Waals surface area contributed by atoms with Crippen LogP contribution in [0.5, 0.6) is 0 Å². The van der Waals surface area contributed by atoms with Gasteiger partial charge >= 0.3 is 5.97 Å². The maximum Gasteiger partial charge on any atom is 0.334 e. The van der Waals surface area contributed by atoms with Crippen molar-refractivity contribution in [1.82, 2.24) is 15.1 Å². The second-order valence-electron chi connectivity index (χ2n) is 4.14. The van der Waals surface area contributed by atoms with Crippen LogP contribution in [0.4, 0.5) is 0 Å². The number of aliphatic hydroxyl groups excluding tert-OH is 1. The molecule has 0 bridgehead atoms. The highest BCUT2D eigenvalue weighted by Crippen LogP contribution is 2.13. The molecule has 104 valence electrons. The van der Waals surface area contributed by atoms with Crippen molar-refractivity contribution < 1.29 is 19.8 Å². The Hall–Kier alpha value is -2.15. The summed E-state index contributed by atoms with van der Waals surface area (Å²) in [5.41, 5.74) is 2.57. The van der Waals surface area contributed by atoms with Crippen LogP contribution in [0, 0.1) is 13.8 Å². The monoisotopic (exact) mass is 267 g/mol. The molecule has 0 spiro atoms. The first-order valence-electron chi connectivity index (χ1n) is 5.70. The van der Waals surface area contributed by atoms with Crippen LogP contribution in [0.15, 0.2) is 6.08 Å². The largest absolute Gasteiger partial charge is 0.479 e. The van der Waals surface area contributed by atoms with Gasteiger partial charge in [-0.3, -0.25) is 9.48 Å². The molecule has 7 nitrogen and oxygen atoms in total. The molecule has 0 unspecified atom stereocenters. The summed E-state index contributed by atoms with van der Waals surface area (Å²) in [5, 5.41) is 23.9. The van der Waals surface area contributed by atoms with E-state index < -0.39 is 18.0 Å². The van der Waals surface area contributed by atoms with E-state index in [9.17, 15) is 9.59 Å². The molecule has 0 aliphatic heterocycles. The minimum atomic E-state index is -1.60. The highest BCUT2D eigenvalue weighted by Gasteiger charge is 2.13. The van der Waals surface area contributed by atoms with E-state index in [1.807, 2.05) is 20.9 Å². The average molecular weight is 267 g/mol. The third kappa shape index (κ3) is 3.92. The van der Waals surface area contributed by atoms with E-state index in [2.05, 4.69) is 10.4 Å². The van der Waals surface area contributed by atoms with E-state index in [-0.39, 0.29) is 6.54 Å². The van der Waals surface area contributed by atoms with Gasteiger partial charge < -0.3 is 15.5 Å². The number of aromatic nitrogens is 2. The van der Waals surface area contributed by atoms with E-state index in [1.165, 1.54) is 6.08 Å². The predicted molar refractivity (Wildman–Crippen MR) is 68.4 cm³/mol. The van der Waals surface area contributed by atoms with Crippen molar-refractivity contribution in [2.24, 2.45) is 7.05 Å².